The smallest absolute Gasteiger partial charge is 0.126 e. The summed E-state index contributed by atoms with van der Waals surface area (Å²) in [5, 5.41) is 0. The second kappa shape index (κ2) is 3.91. The van der Waals surface area contributed by atoms with Crippen LogP contribution in [0.4, 0.5) is 4.39 Å². The lowest BCUT2D eigenvalue weighted by molar-refractivity contribution is 0.594. The van der Waals surface area contributed by atoms with Gasteiger partial charge in [0.1, 0.15) is 5.82 Å². The van der Waals surface area contributed by atoms with Crippen LogP contribution in [0.1, 0.15) is 31.2 Å². The van der Waals surface area contributed by atoms with Crippen molar-refractivity contribution in [3.05, 3.63) is 42.1 Å². The first kappa shape index (κ1) is 8.74. The van der Waals surface area contributed by atoms with Gasteiger partial charge in [0, 0.05) is 0 Å². The number of benzene rings is 1. The molecule has 0 amide bonds. The largest absolute Gasteiger partial charge is 0.207 e. The standard InChI is InChI=1S/C12H14F/c13-12-8-4-3-7-11(12)9-10-5-1-2-6-10/h3-4,7-10H,1-2,5-6H2. The van der Waals surface area contributed by atoms with Crippen LogP contribution in [-0.2, 0) is 0 Å². The molecule has 0 saturated heterocycles. The topological polar surface area (TPSA) is 0 Å². The molecule has 0 bridgehead atoms. The molecule has 1 aliphatic rings. The maximum absolute atomic E-state index is 13.2. The van der Waals surface area contributed by atoms with Gasteiger partial charge in [-0.3, -0.25) is 0 Å². The van der Waals surface area contributed by atoms with E-state index in [2.05, 4.69) is 6.42 Å². The average molecular weight is 177 g/mol. The van der Waals surface area contributed by atoms with Gasteiger partial charge in [-0.05, 0) is 36.8 Å². The summed E-state index contributed by atoms with van der Waals surface area (Å²) < 4.78 is 13.2. The van der Waals surface area contributed by atoms with Crippen LogP contribution in [0.2, 0.25) is 0 Å². The zero-order chi connectivity index (χ0) is 9.10. The van der Waals surface area contributed by atoms with E-state index in [-0.39, 0.29) is 5.82 Å². The van der Waals surface area contributed by atoms with E-state index >= 15 is 0 Å². The lowest BCUT2D eigenvalue weighted by atomic mass is 9.98. The number of hydrogen-bond donors (Lipinski definition) is 0. The zero-order valence-electron chi connectivity index (χ0n) is 7.67. The van der Waals surface area contributed by atoms with Crippen LogP contribution in [-0.4, -0.2) is 0 Å². The van der Waals surface area contributed by atoms with Gasteiger partial charge in [0.05, 0.1) is 0 Å². The third kappa shape index (κ3) is 2.09. The van der Waals surface area contributed by atoms with Crippen LogP contribution >= 0.6 is 0 Å². The van der Waals surface area contributed by atoms with Gasteiger partial charge in [-0.1, -0.05) is 31.0 Å². The van der Waals surface area contributed by atoms with E-state index in [0.717, 1.165) is 5.56 Å². The van der Waals surface area contributed by atoms with Crippen LogP contribution in [0.3, 0.4) is 0 Å². The van der Waals surface area contributed by atoms with Crippen molar-refractivity contribution < 1.29 is 4.39 Å². The van der Waals surface area contributed by atoms with Crippen molar-refractivity contribution in [1.29, 1.82) is 0 Å². The van der Waals surface area contributed by atoms with Crippen LogP contribution < -0.4 is 0 Å². The molecule has 0 aliphatic heterocycles. The number of hydrogen-bond acceptors (Lipinski definition) is 0. The first-order valence-electron chi connectivity index (χ1n) is 4.95. The Balaban J connectivity index is 2.04. The van der Waals surface area contributed by atoms with Crippen molar-refractivity contribution in [1.82, 2.24) is 0 Å². The lowest BCUT2D eigenvalue weighted by Crippen LogP contribution is -1.97. The molecular weight excluding hydrogens is 163 g/mol. The van der Waals surface area contributed by atoms with Crippen molar-refractivity contribution in [2.75, 3.05) is 0 Å². The summed E-state index contributed by atoms with van der Waals surface area (Å²) in [4.78, 5) is 0. The SMILES string of the molecule is Fc1ccccc1[CH]C1CCCC1. The minimum Gasteiger partial charge on any atom is -0.207 e. The van der Waals surface area contributed by atoms with E-state index in [0.29, 0.717) is 5.92 Å². The van der Waals surface area contributed by atoms with Crippen LogP contribution in [0.25, 0.3) is 0 Å². The summed E-state index contributed by atoms with van der Waals surface area (Å²) in [6.45, 7) is 0. The Morgan fingerprint density at radius 3 is 2.54 bits per heavy atom. The van der Waals surface area contributed by atoms with E-state index in [9.17, 15) is 4.39 Å². The van der Waals surface area contributed by atoms with Crippen molar-refractivity contribution >= 4 is 0 Å². The quantitative estimate of drug-likeness (QED) is 0.647. The van der Waals surface area contributed by atoms with E-state index in [1.54, 1.807) is 6.07 Å². The summed E-state index contributed by atoms with van der Waals surface area (Å²) in [5.41, 5.74) is 0.773. The molecule has 0 N–H and O–H groups in total. The van der Waals surface area contributed by atoms with E-state index in [4.69, 9.17) is 0 Å². The Morgan fingerprint density at radius 2 is 1.85 bits per heavy atom. The van der Waals surface area contributed by atoms with Crippen molar-refractivity contribution in [3.8, 4) is 0 Å². The molecule has 13 heavy (non-hydrogen) atoms. The fraction of sp³-hybridized carbons (Fsp3) is 0.417. The molecule has 0 spiro atoms. The zero-order valence-corrected chi connectivity index (χ0v) is 7.67. The molecule has 1 saturated carbocycles. The number of halogens is 1. The van der Waals surface area contributed by atoms with Gasteiger partial charge >= 0.3 is 0 Å². The second-order valence-electron chi connectivity index (χ2n) is 3.73. The normalized spacial score (nSPS) is 17.9. The monoisotopic (exact) mass is 177 g/mol. The summed E-state index contributed by atoms with van der Waals surface area (Å²) >= 11 is 0. The van der Waals surface area contributed by atoms with Gasteiger partial charge in [0.15, 0.2) is 0 Å². The first-order chi connectivity index (χ1) is 6.36. The van der Waals surface area contributed by atoms with Crippen LogP contribution in [0, 0.1) is 18.2 Å². The maximum atomic E-state index is 13.2. The Labute approximate surface area is 78.8 Å². The maximum Gasteiger partial charge on any atom is 0.126 e. The Hall–Kier alpha value is -0.850. The minimum atomic E-state index is -0.0885. The molecule has 2 rings (SSSR count). The van der Waals surface area contributed by atoms with E-state index < -0.39 is 0 Å². The predicted octanol–water partition coefficient (Wildman–Crippen LogP) is 3.57. The Bertz CT molecular complexity index is 274. The molecule has 0 aromatic heterocycles. The van der Waals surface area contributed by atoms with Gasteiger partial charge in [0.2, 0.25) is 0 Å². The molecule has 69 valence electrons. The third-order valence-electron chi connectivity index (χ3n) is 2.72. The fourth-order valence-electron chi connectivity index (χ4n) is 1.99. The van der Waals surface area contributed by atoms with E-state index in [1.807, 2.05) is 12.1 Å². The molecule has 1 fully saturated rings. The van der Waals surface area contributed by atoms with E-state index in [1.165, 1.54) is 31.7 Å². The molecule has 1 radical (unpaired) electrons. The summed E-state index contributed by atoms with van der Waals surface area (Å²) in [5.74, 6) is 0.520. The average Bonchev–Trinajstić information content (AvgIpc) is 2.61. The summed E-state index contributed by atoms with van der Waals surface area (Å²) in [6, 6.07) is 7.01. The number of rotatable bonds is 2. The Kier molecular flexibility index (Phi) is 2.62. The Morgan fingerprint density at radius 1 is 1.15 bits per heavy atom. The third-order valence-corrected chi connectivity index (χ3v) is 2.72. The second-order valence-corrected chi connectivity index (χ2v) is 3.73. The predicted molar refractivity (Wildman–Crippen MR) is 51.8 cm³/mol. The van der Waals surface area contributed by atoms with Crippen molar-refractivity contribution in [2.45, 2.75) is 25.7 Å². The van der Waals surface area contributed by atoms with Crippen molar-refractivity contribution in [2.24, 2.45) is 5.92 Å². The highest BCUT2D eigenvalue weighted by molar-refractivity contribution is 5.25. The molecular formula is C12H14F. The highest BCUT2D eigenvalue weighted by Crippen LogP contribution is 2.29. The van der Waals surface area contributed by atoms with Crippen LogP contribution in [0.15, 0.2) is 24.3 Å². The van der Waals surface area contributed by atoms with Crippen molar-refractivity contribution in [3.63, 3.8) is 0 Å². The molecule has 0 nitrogen and oxygen atoms in total. The van der Waals surface area contributed by atoms with Crippen LogP contribution in [0.5, 0.6) is 0 Å². The first-order valence-corrected chi connectivity index (χ1v) is 4.95. The molecule has 1 aromatic carbocycles. The summed E-state index contributed by atoms with van der Waals surface area (Å²) in [6.07, 6.45) is 7.15. The van der Waals surface area contributed by atoms with Gasteiger partial charge in [-0.25, -0.2) is 4.39 Å². The molecule has 0 unspecified atom stereocenters. The molecule has 0 atom stereocenters. The highest BCUT2D eigenvalue weighted by Gasteiger charge is 2.16. The highest BCUT2D eigenvalue weighted by atomic mass is 19.1. The van der Waals surface area contributed by atoms with Gasteiger partial charge in [-0.2, -0.15) is 0 Å². The molecule has 1 aliphatic carbocycles. The molecule has 1 aromatic rings. The molecule has 0 heterocycles. The van der Waals surface area contributed by atoms with Gasteiger partial charge in [-0.15, -0.1) is 0 Å². The summed E-state index contributed by atoms with van der Waals surface area (Å²) in [7, 11) is 0. The fourth-order valence-corrected chi connectivity index (χ4v) is 1.99. The minimum absolute atomic E-state index is 0.0885. The molecule has 1 heteroatoms. The van der Waals surface area contributed by atoms with Gasteiger partial charge in [0.25, 0.3) is 0 Å². The van der Waals surface area contributed by atoms with Gasteiger partial charge < -0.3 is 0 Å². The lowest BCUT2D eigenvalue weighted by Gasteiger charge is -2.08.